The first-order valence-corrected chi connectivity index (χ1v) is 8.10. The highest BCUT2D eigenvalue weighted by Crippen LogP contribution is 2.36. The molecule has 0 bridgehead atoms. The Labute approximate surface area is 132 Å². The molecule has 2 saturated heterocycles. The van der Waals surface area contributed by atoms with Gasteiger partial charge in [0, 0.05) is 26.6 Å². The summed E-state index contributed by atoms with van der Waals surface area (Å²) in [6, 6.07) is 6.69. The molecule has 0 unspecified atom stereocenters. The second kappa shape index (κ2) is 5.75. The predicted octanol–water partition coefficient (Wildman–Crippen LogP) is 2.45. The number of rotatable bonds is 2. The maximum absolute atomic E-state index is 12.8. The highest BCUT2D eigenvalue weighted by molar-refractivity contribution is 5.84. The standard InChI is InChI=1S/C18H24N2O2/c1-12-6-7-13(2)16(9-12)17-5-4-8-20(17)18(22)15-10-19(11-15)14(3)21/h6-7,9,15,17H,4-5,8,10-11H2,1-3H3/t17-/m1/s1. The SMILES string of the molecule is CC(=O)N1CC(C(=O)N2CCC[C@@H]2c2cc(C)ccc2C)C1. The molecule has 2 heterocycles. The summed E-state index contributed by atoms with van der Waals surface area (Å²) in [6.07, 6.45) is 2.10. The predicted molar refractivity (Wildman–Crippen MR) is 85.3 cm³/mol. The minimum absolute atomic E-state index is 0.00499. The van der Waals surface area contributed by atoms with E-state index in [1.54, 1.807) is 11.8 Å². The summed E-state index contributed by atoms with van der Waals surface area (Å²) in [5.41, 5.74) is 3.79. The van der Waals surface area contributed by atoms with Crippen LogP contribution in [-0.4, -0.2) is 41.2 Å². The van der Waals surface area contributed by atoms with Crippen LogP contribution in [0.1, 0.15) is 42.5 Å². The number of benzene rings is 1. The van der Waals surface area contributed by atoms with Crippen molar-refractivity contribution in [1.29, 1.82) is 0 Å². The van der Waals surface area contributed by atoms with E-state index in [2.05, 4.69) is 32.0 Å². The maximum Gasteiger partial charge on any atom is 0.229 e. The van der Waals surface area contributed by atoms with E-state index in [-0.39, 0.29) is 23.8 Å². The van der Waals surface area contributed by atoms with Gasteiger partial charge in [-0.25, -0.2) is 0 Å². The molecule has 0 aromatic heterocycles. The van der Waals surface area contributed by atoms with Crippen LogP contribution < -0.4 is 0 Å². The Morgan fingerprint density at radius 3 is 2.59 bits per heavy atom. The zero-order valence-corrected chi connectivity index (χ0v) is 13.6. The van der Waals surface area contributed by atoms with Crippen LogP contribution in [0.5, 0.6) is 0 Å². The largest absolute Gasteiger partial charge is 0.341 e. The molecular formula is C18H24N2O2. The van der Waals surface area contributed by atoms with Crippen molar-refractivity contribution in [3.8, 4) is 0 Å². The van der Waals surface area contributed by atoms with Crippen LogP contribution in [0.15, 0.2) is 18.2 Å². The summed E-state index contributed by atoms with van der Waals surface area (Å²) in [4.78, 5) is 27.8. The van der Waals surface area contributed by atoms with Gasteiger partial charge in [0.05, 0.1) is 12.0 Å². The second-order valence-electron chi connectivity index (χ2n) is 6.67. The number of carbonyl (C=O) groups is 2. The highest BCUT2D eigenvalue weighted by atomic mass is 16.2. The number of hydrogen-bond donors (Lipinski definition) is 0. The van der Waals surface area contributed by atoms with Gasteiger partial charge < -0.3 is 9.80 Å². The molecule has 1 aromatic rings. The Bertz CT molecular complexity index is 605. The second-order valence-corrected chi connectivity index (χ2v) is 6.67. The summed E-state index contributed by atoms with van der Waals surface area (Å²) in [6.45, 7) is 7.80. The fraction of sp³-hybridized carbons (Fsp3) is 0.556. The number of aryl methyl sites for hydroxylation is 2. The van der Waals surface area contributed by atoms with Gasteiger partial charge in [-0.3, -0.25) is 9.59 Å². The average Bonchev–Trinajstić information content (AvgIpc) is 2.88. The van der Waals surface area contributed by atoms with Crippen molar-refractivity contribution in [2.75, 3.05) is 19.6 Å². The van der Waals surface area contributed by atoms with Crippen molar-refractivity contribution in [2.45, 2.75) is 39.7 Å². The third-order valence-corrected chi connectivity index (χ3v) is 5.01. The first-order valence-electron chi connectivity index (χ1n) is 8.10. The fourth-order valence-corrected chi connectivity index (χ4v) is 3.60. The molecule has 2 aliphatic heterocycles. The van der Waals surface area contributed by atoms with Crippen molar-refractivity contribution in [2.24, 2.45) is 5.92 Å². The Hall–Kier alpha value is -1.84. The maximum atomic E-state index is 12.8. The van der Waals surface area contributed by atoms with E-state index in [1.807, 2.05) is 4.90 Å². The van der Waals surface area contributed by atoms with Crippen LogP contribution in [0.2, 0.25) is 0 Å². The summed E-state index contributed by atoms with van der Waals surface area (Å²) in [5.74, 6) is 0.284. The average molecular weight is 300 g/mol. The number of amides is 2. The van der Waals surface area contributed by atoms with Crippen molar-refractivity contribution in [1.82, 2.24) is 9.80 Å². The van der Waals surface area contributed by atoms with Gasteiger partial charge in [-0.05, 0) is 37.8 Å². The molecule has 118 valence electrons. The number of likely N-dealkylation sites (tertiary alicyclic amines) is 2. The van der Waals surface area contributed by atoms with Crippen LogP contribution in [0.25, 0.3) is 0 Å². The van der Waals surface area contributed by atoms with Crippen LogP contribution in [0.4, 0.5) is 0 Å². The monoisotopic (exact) mass is 300 g/mol. The third-order valence-electron chi connectivity index (χ3n) is 5.01. The molecule has 2 amide bonds. The highest BCUT2D eigenvalue weighted by Gasteiger charge is 2.40. The van der Waals surface area contributed by atoms with E-state index in [1.165, 1.54) is 16.7 Å². The lowest BCUT2D eigenvalue weighted by molar-refractivity contribution is -0.148. The van der Waals surface area contributed by atoms with Gasteiger partial charge in [0.15, 0.2) is 0 Å². The molecular weight excluding hydrogens is 276 g/mol. The molecule has 1 atom stereocenters. The van der Waals surface area contributed by atoms with Gasteiger partial charge in [0.2, 0.25) is 11.8 Å². The minimum atomic E-state index is -0.00499. The van der Waals surface area contributed by atoms with Crippen molar-refractivity contribution in [3.63, 3.8) is 0 Å². The van der Waals surface area contributed by atoms with Crippen LogP contribution >= 0.6 is 0 Å². The molecule has 0 radical (unpaired) electrons. The van der Waals surface area contributed by atoms with Crippen molar-refractivity contribution >= 4 is 11.8 Å². The van der Waals surface area contributed by atoms with Crippen molar-refractivity contribution in [3.05, 3.63) is 34.9 Å². The Kier molecular flexibility index (Phi) is 3.94. The third kappa shape index (κ3) is 2.62. The topological polar surface area (TPSA) is 40.6 Å². The molecule has 0 saturated carbocycles. The zero-order chi connectivity index (χ0) is 15.9. The molecule has 4 heteroatoms. The summed E-state index contributed by atoms with van der Waals surface area (Å²) in [7, 11) is 0. The van der Waals surface area contributed by atoms with Crippen LogP contribution in [0.3, 0.4) is 0 Å². The Morgan fingerprint density at radius 1 is 1.18 bits per heavy atom. The van der Waals surface area contributed by atoms with E-state index in [9.17, 15) is 9.59 Å². The summed E-state index contributed by atoms with van der Waals surface area (Å²) < 4.78 is 0. The lowest BCUT2D eigenvalue weighted by Crippen LogP contribution is -2.55. The van der Waals surface area contributed by atoms with E-state index in [4.69, 9.17) is 0 Å². The zero-order valence-electron chi connectivity index (χ0n) is 13.6. The molecule has 3 rings (SSSR count). The van der Waals surface area contributed by atoms with Gasteiger partial charge in [-0.1, -0.05) is 23.8 Å². The summed E-state index contributed by atoms with van der Waals surface area (Å²) >= 11 is 0. The Balaban J connectivity index is 1.75. The number of carbonyl (C=O) groups excluding carboxylic acids is 2. The molecule has 0 N–H and O–H groups in total. The molecule has 0 aliphatic carbocycles. The molecule has 0 spiro atoms. The smallest absolute Gasteiger partial charge is 0.229 e. The summed E-state index contributed by atoms with van der Waals surface area (Å²) in [5, 5.41) is 0. The first-order chi connectivity index (χ1) is 10.5. The van der Waals surface area contributed by atoms with E-state index in [0.29, 0.717) is 13.1 Å². The molecule has 1 aromatic carbocycles. The molecule has 2 fully saturated rings. The van der Waals surface area contributed by atoms with Gasteiger partial charge in [0.25, 0.3) is 0 Å². The molecule has 4 nitrogen and oxygen atoms in total. The number of hydrogen-bond acceptors (Lipinski definition) is 2. The van der Waals surface area contributed by atoms with Gasteiger partial charge >= 0.3 is 0 Å². The van der Waals surface area contributed by atoms with E-state index in [0.717, 1.165) is 19.4 Å². The van der Waals surface area contributed by atoms with E-state index >= 15 is 0 Å². The van der Waals surface area contributed by atoms with Crippen LogP contribution in [0, 0.1) is 19.8 Å². The minimum Gasteiger partial charge on any atom is -0.341 e. The van der Waals surface area contributed by atoms with E-state index < -0.39 is 0 Å². The number of nitrogens with zero attached hydrogens (tertiary/aromatic N) is 2. The van der Waals surface area contributed by atoms with Gasteiger partial charge in [0.1, 0.15) is 0 Å². The molecule has 22 heavy (non-hydrogen) atoms. The molecule has 2 aliphatic rings. The lowest BCUT2D eigenvalue weighted by Gasteiger charge is -2.40. The van der Waals surface area contributed by atoms with Crippen molar-refractivity contribution < 1.29 is 9.59 Å². The van der Waals surface area contributed by atoms with Gasteiger partial charge in [-0.2, -0.15) is 0 Å². The van der Waals surface area contributed by atoms with Crippen LogP contribution in [-0.2, 0) is 9.59 Å². The Morgan fingerprint density at radius 2 is 1.91 bits per heavy atom. The fourth-order valence-electron chi connectivity index (χ4n) is 3.60. The first kappa shape index (κ1) is 15.1. The lowest BCUT2D eigenvalue weighted by atomic mass is 9.94. The normalized spacial score (nSPS) is 21.9. The van der Waals surface area contributed by atoms with Gasteiger partial charge in [-0.15, -0.1) is 0 Å². The quantitative estimate of drug-likeness (QED) is 0.842.